The molecule has 1 aliphatic heterocycles. The number of halogens is 3. The molecule has 2 aromatic carbocycles. The second kappa shape index (κ2) is 11.6. The third kappa shape index (κ3) is 6.24. The maximum atomic E-state index is 13.9. The summed E-state index contributed by atoms with van der Waals surface area (Å²) in [6, 6.07) is 10.3. The Morgan fingerprint density at radius 3 is 2.38 bits per heavy atom. The number of nitrogens with one attached hydrogen (secondary N) is 2. The highest BCUT2D eigenvalue weighted by molar-refractivity contribution is 6.00. The van der Waals surface area contributed by atoms with Crippen molar-refractivity contribution in [3.05, 3.63) is 72.2 Å². The molecule has 1 fully saturated rings. The number of alkyl halides is 3. The molecule has 9 nitrogen and oxygen atoms in total. The molecule has 12 heteroatoms. The molecule has 0 atom stereocenters. The van der Waals surface area contributed by atoms with Crippen molar-refractivity contribution in [1.29, 1.82) is 0 Å². The fourth-order valence-corrected chi connectivity index (χ4v) is 4.82. The number of nitrogens with zero attached hydrogens (tertiary/aromatic N) is 5. The number of aliphatic hydroxyl groups excluding tert-OH is 1. The van der Waals surface area contributed by atoms with Gasteiger partial charge in [-0.2, -0.15) is 18.3 Å². The Morgan fingerprint density at radius 2 is 1.68 bits per heavy atom. The summed E-state index contributed by atoms with van der Waals surface area (Å²) in [5, 5.41) is 19.6. The van der Waals surface area contributed by atoms with Gasteiger partial charge in [0.05, 0.1) is 36.6 Å². The molecule has 3 heterocycles. The van der Waals surface area contributed by atoms with E-state index in [2.05, 4.69) is 25.6 Å². The van der Waals surface area contributed by atoms with Crippen molar-refractivity contribution >= 4 is 28.3 Å². The van der Waals surface area contributed by atoms with Gasteiger partial charge in [-0.05, 0) is 42.4 Å². The lowest BCUT2D eigenvalue weighted by Gasteiger charge is -2.33. The number of carbonyl (C=O) groups excluding carboxylic acids is 1. The van der Waals surface area contributed by atoms with Gasteiger partial charge in [-0.3, -0.25) is 14.6 Å². The van der Waals surface area contributed by atoms with Gasteiger partial charge in [-0.25, -0.2) is 4.79 Å². The first-order valence-electron chi connectivity index (χ1n) is 12.9. The van der Waals surface area contributed by atoms with E-state index in [4.69, 9.17) is 0 Å². The van der Waals surface area contributed by atoms with Gasteiger partial charge in [0.1, 0.15) is 0 Å². The van der Waals surface area contributed by atoms with Crippen LogP contribution >= 0.6 is 0 Å². The van der Waals surface area contributed by atoms with Crippen molar-refractivity contribution < 1.29 is 23.1 Å². The van der Waals surface area contributed by atoms with Gasteiger partial charge in [0.15, 0.2) is 0 Å². The minimum absolute atomic E-state index is 0.0400. The summed E-state index contributed by atoms with van der Waals surface area (Å²) >= 11 is 0. The maximum Gasteiger partial charge on any atom is 0.416 e. The molecule has 0 bridgehead atoms. The van der Waals surface area contributed by atoms with Gasteiger partial charge >= 0.3 is 12.2 Å². The van der Waals surface area contributed by atoms with Crippen LogP contribution in [0.3, 0.4) is 0 Å². The molecule has 0 aliphatic carbocycles. The zero-order valence-corrected chi connectivity index (χ0v) is 21.9. The number of hydrogen-bond acceptors (Lipinski definition) is 6. The monoisotopic (exact) mass is 553 g/mol. The van der Waals surface area contributed by atoms with Crippen LogP contribution < -0.4 is 10.6 Å². The topological polar surface area (TPSA) is 98.5 Å². The Bertz CT molecular complexity index is 1480. The summed E-state index contributed by atoms with van der Waals surface area (Å²) in [5.74, 6) is 0. The van der Waals surface area contributed by atoms with E-state index in [9.17, 15) is 23.1 Å². The molecule has 40 heavy (non-hydrogen) atoms. The van der Waals surface area contributed by atoms with Crippen LogP contribution in [0.15, 0.2) is 61.1 Å². The predicted molar refractivity (Wildman–Crippen MR) is 147 cm³/mol. The smallest absolute Gasteiger partial charge is 0.394 e. The Hall–Kier alpha value is -4.00. The van der Waals surface area contributed by atoms with E-state index in [-0.39, 0.29) is 24.4 Å². The quantitative estimate of drug-likeness (QED) is 0.312. The lowest BCUT2D eigenvalue weighted by Crippen LogP contribution is -2.44. The number of piperazine rings is 1. The van der Waals surface area contributed by atoms with Gasteiger partial charge in [0.2, 0.25) is 0 Å². The zero-order valence-electron chi connectivity index (χ0n) is 21.9. The molecule has 5 rings (SSSR count). The highest BCUT2D eigenvalue weighted by Crippen LogP contribution is 2.35. The Labute approximate surface area is 229 Å². The summed E-state index contributed by atoms with van der Waals surface area (Å²) in [5.41, 5.74) is 2.44. The number of pyridine rings is 1. The molecule has 0 saturated carbocycles. The molecule has 0 radical (unpaired) electrons. The summed E-state index contributed by atoms with van der Waals surface area (Å²) < 4.78 is 43.3. The minimum Gasteiger partial charge on any atom is -0.394 e. The lowest BCUT2D eigenvalue weighted by atomic mass is 10.0. The van der Waals surface area contributed by atoms with Crippen LogP contribution in [0.2, 0.25) is 0 Å². The second-order valence-electron chi connectivity index (χ2n) is 9.82. The van der Waals surface area contributed by atoms with E-state index < -0.39 is 17.8 Å². The van der Waals surface area contributed by atoms with E-state index in [0.717, 1.165) is 41.2 Å². The number of hydrogen-bond donors (Lipinski definition) is 3. The average molecular weight is 554 g/mol. The molecule has 2 amide bonds. The normalized spacial score (nSPS) is 14.9. The van der Waals surface area contributed by atoms with Crippen LogP contribution in [-0.4, -0.2) is 75.5 Å². The number of aromatic nitrogens is 3. The molecule has 0 unspecified atom stereocenters. The maximum absolute atomic E-state index is 13.9. The molecule has 0 spiro atoms. The number of aliphatic hydroxyl groups is 1. The predicted octanol–water partition coefficient (Wildman–Crippen LogP) is 4.50. The Morgan fingerprint density at radius 1 is 0.975 bits per heavy atom. The van der Waals surface area contributed by atoms with Crippen LogP contribution in [0.5, 0.6) is 0 Å². The number of urea groups is 1. The van der Waals surface area contributed by atoms with E-state index in [1.54, 1.807) is 35.4 Å². The molecule has 210 valence electrons. The second-order valence-corrected chi connectivity index (χ2v) is 9.82. The van der Waals surface area contributed by atoms with Crippen LogP contribution in [0.4, 0.5) is 29.3 Å². The minimum atomic E-state index is -4.54. The van der Waals surface area contributed by atoms with E-state index in [1.807, 2.05) is 24.1 Å². The van der Waals surface area contributed by atoms with Crippen molar-refractivity contribution in [2.45, 2.75) is 19.3 Å². The summed E-state index contributed by atoms with van der Waals surface area (Å²) in [6.45, 7) is 3.54. The largest absolute Gasteiger partial charge is 0.416 e. The summed E-state index contributed by atoms with van der Waals surface area (Å²) in [4.78, 5) is 21.0. The van der Waals surface area contributed by atoms with Crippen LogP contribution in [-0.2, 0) is 19.3 Å². The average Bonchev–Trinajstić information content (AvgIpc) is 3.34. The number of fused-ring (bicyclic) bond motifs is 1. The Balaban J connectivity index is 1.26. The van der Waals surface area contributed by atoms with Crippen molar-refractivity contribution in [2.24, 2.45) is 0 Å². The van der Waals surface area contributed by atoms with Crippen molar-refractivity contribution in [2.75, 3.05) is 50.5 Å². The van der Waals surface area contributed by atoms with Crippen molar-refractivity contribution in [3.63, 3.8) is 0 Å². The van der Waals surface area contributed by atoms with Gasteiger partial charge in [-0.1, -0.05) is 18.2 Å². The van der Waals surface area contributed by atoms with Crippen LogP contribution in [0.25, 0.3) is 22.0 Å². The number of rotatable bonds is 7. The molecular weight excluding hydrogens is 523 g/mol. The number of amides is 2. The third-order valence-corrected chi connectivity index (χ3v) is 7.00. The van der Waals surface area contributed by atoms with Gasteiger partial charge in [0.25, 0.3) is 0 Å². The molecule has 1 saturated heterocycles. The fraction of sp³-hybridized carbons (Fsp3) is 0.321. The van der Waals surface area contributed by atoms with Gasteiger partial charge in [-0.15, -0.1) is 0 Å². The molecule has 4 aromatic rings. The molecule has 2 aromatic heterocycles. The number of likely N-dealkylation sites (N-methyl/N-ethyl adjacent to an activating group) is 1. The van der Waals surface area contributed by atoms with Crippen LogP contribution in [0, 0.1) is 0 Å². The Kier molecular flexibility index (Phi) is 8.01. The van der Waals surface area contributed by atoms with Gasteiger partial charge in [0, 0.05) is 61.2 Å². The highest BCUT2D eigenvalue weighted by atomic mass is 19.4. The number of anilines is 2. The zero-order chi connectivity index (χ0) is 28.3. The van der Waals surface area contributed by atoms with E-state index in [0.29, 0.717) is 25.3 Å². The summed E-state index contributed by atoms with van der Waals surface area (Å²) in [6.07, 6.45) is 0.574. The fourth-order valence-electron chi connectivity index (χ4n) is 4.82. The molecular formula is C28H30F3N7O2. The first kappa shape index (κ1) is 27.6. The number of carbonyl (C=O) groups is 1. The number of benzene rings is 2. The van der Waals surface area contributed by atoms with Crippen LogP contribution in [0.1, 0.15) is 11.1 Å². The van der Waals surface area contributed by atoms with E-state index >= 15 is 0 Å². The first-order valence-corrected chi connectivity index (χ1v) is 12.9. The highest BCUT2D eigenvalue weighted by Gasteiger charge is 2.34. The lowest BCUT2D eigenvalue weighted by molar-refractivity contribution is -0.138. The third-order valence-electron chi connectivity index (χ3n) is 7.00. The standard InChI is InChI=1S/C28H30F3N7O2/c1-36-8-10-37(11-9-36)18-20-4-7-22(14-25(20)28(29,30)31)35-27(40)34-21-5-2-19(3-6-21)23-15-32-17-26-24(23)16-33-38(26)12-13-39/h2-7,14-17,39H,8-13,18H2,1H3,(H2,34,35,40). The SMILES string of the molecule is CN1CCN(Cc2ccc(NC(=O)Nc3ccc(-c4cncc5c4cnn5CCO)cc3)cc2C(F)(F)F)CC1. The molecule has 1 aliphatic rings. The van der Waals surface area contributed by atoms with Crippen molar-refractivity contribution in [3.8, 4) is 11.1 Å². The summed E-state index contributed by atoms with van der Waals surface area (Å²) in [7, 11) is 1.99. The first-order chi connectivity index (χ1) is 19.2. The van der Waals surface area contributed by atoms with Crippen molar-refractivity contribution in [1.82, 2.24) is 24.6 Å². The van der Waals surface area contributed by atoms with Gasteiger partial charge < -0.3 is 20.6 Å². The molecule has 3 N–H and O–H groups in total. The van der Waals surface area contributed by atoms with E-state index in [1.165, 1.54) is 12.1 Å².